The quantitative estimate of drug-likeness (QED) is 0.190. The van der Waals surface area contributed by atoms with Crippen LogP contribution in [-0.2, 0) is 9.47 Å². The number of benzene rings is 2. The number of H-pyrrole nitrogens is 1. The molecule has 3 aromatic rings. The van der Waals surface area contributed by atoms with Gasteiger partial charge in [0.1, 0.15) is 23.9 Å². The third-order valence-corrected chi connectivity index (χ3v) is 5.13. The van der Waals surface area contributed by atoms with E-state index in [9.17, 15) is 25.3 Å². The minimum atomic E-state index is -0.875. The lowest BCUT2D eigenvalue weighted by Gasteiger charge is -2.28. The monoisotopic (exact) mass is 449 g/mol. The number of allylic oxidation sites excluding steroid dienone is 1. The fourth-order valence-corrected chi connectivity index (χ4v) is 3.48. The first-order valence-corrected chi connectivity index (χ1v) is 10.0. The Morgan fingerprint density at radius 1 is 1.30 bits per heavy atom. The van der Waals surface area contributed by atoms with Gasteiger partial charge in [0.2, 0.25) is 0 Å². The number of aliphatic hydroxyl groups is 1. The highest BCUT2D eigenvalue weighted by Crippen LogP contribution is 2.30. The maximum absolute atomic E-state index is 12.5. The minimum Gasteiger partial charge on any atom is -0.507 e. The zero-order chi connectivity index (χ0) is 23.4. The van der Waals surface area contributed by atoms with Gasteiger partial charge in [0, 0.05) is 19.2 Å². The predicted molar refractivity (Wildman–Crippen MR) is 118 cm³/mol. The molecule has 0 spiro atoms. The zero-order valence-electron chi connectivity index (χ0n) is 17.4. The molecule has 0 saturated carbocycles. The largest absolute Gasteiger partial charge is 0.507 e. The summed E-state index contributed by atoms with van der Waals surface area (Å²) in [5.41, 5.74) is 1.22. The van der Waals surface area contributed by atoms with Crippen molar-refractivity contribution in [2.75, 3.05) is 37.8 Å². The molecule has 168 valence electrons. The van der Waals surface area contributed by atoms with Crippen molar-refractivity contribution in [3.05, 3.63) is 69.7 Å². The normalized spacial score (nSPS) is 14.5. The molecule has 0 atom stereocenters. The second-order valence-electron chi connectivity index (χ2n) is 7.17. The van der Waals surface area contributed by atoms with E-state index in [1.54, 1.807) is 24.3 Å². The van der Waals surface area contributed by atoms with Gasteiger partial charge in [-0.15, -0.1) is 0 Å². The van der Waals surface area contributed by atoms with Gasteiger partial charge >= 0.3 is 5.97 Å². The number of fused-ring (bicyclic) bond motifs is 1. The standard InChI is InChI=1S/C22H19N5O6/c23-12-15(21-24-16-3-1-2-4-17(16)25-21)20(28)13-33-22(29)14-5-6-18(19(11-14)27(30)31)26-7-9-32-10-8-26/h1-6,11,28H,7-10,13H2,(H,24,25)/b20-15-. The number of nitrogens with zero attached hydrogens (tertiary/aromatic N) is 4. The van der Waals surface area contributed by atoms with E-state index >= 15 is 0 Å². The van der Waals surface area contributed by atoms with Crippen LogP contribution in [0.25, 0.3) is 16.6 Å². The number of carbonyl (C=O) groups excluding carboxylic acids is 1. The Hall–Kier alpha value is -4.43. The van der Waals surface area contributed by atoms with E-state index in [0.717, 1.165) is 6.07 Å². The molecule has 33 heavy (non-hydrogen) atoms. The van der Waals surface area contributed by atoms with Gasteiger partial charge in [0.25, 0.3) is 5.69 Å². The molecule has 1 aliphatic rings. The van der Waals surface area contributed by atoms with Crippen molar-refractivity contribution in [1.82, 2.24) is 9.97 Å². The molecule has 11 heteroatoms. The lowest BCUT2D eigenvalue weighted by molar-refractivity contribution is -0.384. The fourth-order valence-electron chi connectivity index (χ4n) is 3.48. The molecule has 0 radical (unpaired) electrons. The number of imidazole rings is 1. The van der Waals surface area contributed by atoms with Crippen LogP contribution in [0.4, 0.5) is 11.4 Å². The van der Waals surface area contributed by atoms with Crippen LogP contribution in [0.3, 0.4) is 0 Å². The second kappa shape index (κ2) is 9.37. The van der Waals surface area contributed by atoms with Crippen LogP contribution in [0.15, 0.2) is 48.2 Å². The number of esters is 1. The highest BCUT2D eigenvalue weighted by atomic mass is 16.6. The summed E-state index contributed by atoms with van der Waals surface area (Å²) in [6.45, 7) is 1.32. The number of aromatic nitrogens is 2. The first-order chi connectivity index (χ1) is 16.0. The molecule has 1 aliphatic heterocycles. The summed E-state index contributed by atoms with van der Waals surface area (Å²) in [5, 5.41) is 31.4. The SMILES string of the molecule is N#C/C(=C(/O)COC(=O)c1ccc(N2CCOCC2)c([N+](=O)[O-])c1)c1nc2ccccc2[nH]1. The van der Waals surface area contributed by atoms with Gasteiger partial charge in [-0.05, 0) is 24.3 Å². The Labute approximate surface area is 187 Å². The van der Waals surface area contributed by atoms with E-state index in [1.807, 2.05) is 11.0 Å². The number of hydrogen-bond donors (Lipinski definition) is 2. The molecule has 1 aromatic heterocycles. The molecule has 0 unspecified atom stereocenters. The van der Waals surface area contributed by atoms with Crippen molar-refractivity contribution < 1.29 is 24.3 Å². The Morgan fingerprint density at radius 2 is 2.06 bits per heavy atom. The first-order valence-electron chi connectivity index (χ1n) is 10.0. The topological polar surface area (TPSA) is 155 Å². The number of aliphatic hydroxyl groups excluding tert-OH is 1. The van der Waals surface area contributed by atoms with Gasteiger partial charge < -0.3 is 24.5 Å². The van der Waals surface area contributed by atoms with Gasteiger partial charge in [-0.25, -0.2) is 9.78 Å². The summed E-state index contributed by atoms with van der Waals surface area (Å²) in [4.78, 5) is 32.5. The highest BCUT2D eigenvalue weighted by Gasteiger charge is 2.24. The number of hydrogen-bond acceptors (Lipinski definition) is 9. The van der Waals surface area contributed by atoms with E-state index in [0.29, 0.717) is 43.0 Å². The number of nitrogens with one attached hydrogen (secondary N) is 1. The Bertz CT molecular complexity index is 1250. The molecule has 2 N–H and O–H groups in total. The van der Waals surface area contributed by atoms with Crippen LogP contribution in [0.5, 0.6) is 0 Å². The van der Waals surface area contributed by atoms with Gasteiger partial charge in [0.05, 0.1) is 34.7 Å². The summed E-state index contributed by atoms with van der Waals surface area (Å²) in [7, 11) is 0. The number of carbonyl (C=O) groups is 1. The van der Waals surface area contributed by atoms with E-state index < -0.39 is 23.3 Å². The second-order valence-corrected chi connectivity index (χ2v) is 7.17. The van der Waals surface area contributed by atoms with Crippen LogP contribution in [0, 0.1) is 21.4 Å². The van der Waals surface area contributed by atoms with E-state index in [2.05, 4.69) is 9.97 Å². The van der Waals surface area contributed by atoms with Gasteiger partial charge in [-0.3, -0.25) is 10.1 Å². The van der Waals surface area contributed by atoms with Crippen molar-refractivity contribution >= 4 is 34.0 Å². The lowest BCUT2D eigenvalue weighted by atomic mass is 10.1. The number of nitro groups is 1. The Balaban J connectivity index is 1.52. The van der Waals surface area contributed by atoms with Crippen molar-refractivity contribution in [3.63, 3.8) is 0 Å². The molecule has 4 rings (SSSR count). The molecule has 0 amide bonds. The number of rotatable bonds is 6. The number of anilines is 1. The van der Waals surface area contributed by atoms with Gasteiger partial charge in [-0.1, -0.05) is 12.1 Å². The van der Waals surface area contributed by atoms with E-state index in [4.69, 9.17) is 9.47 Å². The zero-order valence-corrected chi connectivity index (χ0v) is 17.4. The van der Waals surface area contributed by atoms with Crippen LogP contribution >= 0.6 is 0 Å². The number of nitriles is 1. The Kier molecular flexibility index (Phi) is 6.19. The maximum atomic E-state index is 12.5. The molecular formula is C22H19N5O6. The summed E-state index contributed by atoms with van der Waals surface area (Å²) in [6.07, 6.45) is 0. The van der Waals surface area contributed by atoms with Crippen molar-refractivity contribution in [2.24, 2.45) is 0 Å². The number of ether oxygens (including phenoxy) is 2. The molecule has 0 bridgehead atoms. The minimum absolute atomic E-state index is 0.0474. The number of para-hydroxylation sites is 2. The van der Waals surface area contributed by atoms with E-state index in [1.165, 1.54) is 12.1 Å². The third-order valence-electron chi connectivity index (χ3n) is 5.13. The number of nitro benzene ring substituents is 1. The maximum Gasteiger partial charge on any atom is 0.338 e. The lowest BCUT2D eigenvalue weighted by Crippen LogP contribution is -2.36. The molecule has 1 fully saturated rings. The number of aromatic amines is 1. The van der Waals surface area contributed by atoms with Crippen LogP contribution in [0.1, 0.15) is 16.2 Å². The average molecular weight is 449 g/mol. The molecule has 2 aromatic carbocycles. The van der Waals surface area contributed by atoms with Crippen LogP contribution in [0.2, 0.25) is 0 Å². The summed E-state index contributed by atoms with van der Waals surface area (Å²) in [6, 6.07) is 13.0. The summed E-state index contributed by atoms with van der Waals surface area (Å²) < 4.78 is 10.4. The molecule has 1 saturated heterocycles. The van der Waals surface area contributed by atoms with Crippen molar-refractivity contribution in [3.8, 4) is 6.07 Å². The Morgan fingerprint density at radius 3 is 2.76 bits per heavy atom. The first kappa shape index (κ1) is 21.8. The molecule has 11 nitrogen and oxygen atoms in total. The molecular weight excluding hydrogens is 430 g/mol. The van der Waals surface area contributed by atoms with Gasteiger partial charge in [-0.2, -0.15) is 5.26 Å². The average Bonchev–Trinajstić information content (AvgIpc) is 3.26. The van der Waals surface area contributed by atoms with Crippen molar-refractivity contribution in [1.29, 1.82) is 5.26 Å². The number of morpholine rings is 1. The molecule has 0 aliphatic carbocycles. The van der Waals surface area contributed by atoms with Crippen LogP contribution in [-0.4, -0.2) is 58.9 Å². The summed E-state index contributed by atoms with van der Waals surface area (Å²) in [5.74, 6) is -1.23. The smallest absolute Gasteiger partial charge is 0.338 e. The van der Waals surface area contributed by atoms with Gasteiger partial charge in [0.15, 0.2) is 11.6 Å². The third kappa shape index (κ3) is 4.60. The van der Waals surface area contributed by atoms with Crippen LogP contribution < -0.4 is 4.90 Å². The summed E-state index contributed by atoms with van der Waals surface area (Å²) >= 11 is 0. The van der Waals surface area contributed by atoms with Crippen molar-refractivity contribution in [2.45, 2.75) is 0 Å². The predicted octanol–water partition coefficient (Wildman–Crippen LogP) is 2.96. The highest BCUT2D eigenvalue weighted by molar-refractivity contribution is 5.92. The molecule has 2 heterocycles. The fraction of sp³-hybridized carbons (Fsp3) is 0.227. The van der Waals surface area contributed by atoms with E-state index in [-0.39, 0.29) is 22.6 Å².